The van der Waals surface area contributed by atoms with E-state index in [2.05, 4.69) is 0 Å². The summed E-state index contributed by atoms with van der Waals surface area (Å²) in [5, 5.41) is 0.444. The second kappa shape index (κ2) is 5.55. The van der Waals surface area contributed by atoms with Gasteiger partial charge in [-0.15, -0.1) is 0 Å². The van der Waals surface area contributed by atoms with Gasteiger partial charge in [0.1, 0.15) is 22.9 Å². The number of carbonyl (C=O) groups excluding carboxylic acids is 1. The Bertz CT molecular complexity index is 624. The Morgan fingerprint density at radius 2 is 1.63 bits per heavy atom. The topological polar surface area (TPSA) is 26.3 Å². The highest BCUT2D eigenvalue weighted by atomic mass is 35.5. The van der Waals surface area contributed by atoms with E-state index in [1.165, 1.54) is 18.2 Å². The van der Waals surface area contributed by atoms with Crippen molar-refractivity contribution in [1.82, 2.24) is 0 Å². The van der Waals surface area contributed by atoms with Crippen LogP contribution >= 0.6 is 23.2 Å². The van der Waals surface area contributed by atoms with Gasteiger partial charge in [-0.25, -0.2) is 13.6 Å². The Morgan fingerprint density at radius 3 is 2.21 bits per heavy atom. The van der Waals surface area contributed by atoms with Crippen molar-refractivity contribution in [2.24, 2.45) is 0 Å². The van der Waals surface area contributed by atoms with Crippen LogP contribution in [0.15, 0.2) is 36.4 Å². The lowest BCUT2D eigenvalue weighted by Crippen LogP contribution is -2.13. The first-order chi connectivity index (χ1) is 8.99. The number of esters is 1. The van der Waals surface area contributed by atoms with Gasteiger partial charge in [0, 0.05) is 6.07 Å². The molecule has 0 aliphatic heterocycles. The zero-order valence-corrected chi connectivity index (χ0v) is 10.8. The molecule has 2 nitrogen and oxygen atoms in total. The summed E-state index contributed by atoms with van der Waals surface area (Å²) in [6.07, 6.45) is 0. The van der Waals surface area contributed by atoms with Crippen LogP contribution in [0.5, 0.6) is 5.75 Å². The average Bonchev–Trinajstić information content (AvgIpc) is 2.33. The maximum atomic E-state index is 13.4. The van der Waals surface area contributed by atoms with Crippen LogP contribution in [-0.4, -0.2) is 5.97 Å². The van der Waals surface area contributed by atoms with E-state index in [9.17, 15) is 13.6 Å². The van der Waals surface area contributed by atoms with Gasteiger partial charge in [0.2, 0.25) is 0 Å². The summed E-state index contributed by atoms with van der Waals surface area (Å²) in [5.41, 5.74) is -0.756. The molecule has 19 heavy (non-hydrogen) atoms. The van der Waals surface area contributed by atoms with Crippen LogP contribution in [0.1, 0.15) is 10.4 Å². The summed E-state index contributed by atoms with van der Waals surface area (Å²) in [4.78, 5) is 11.7. The first-order valence-corrected chi connectivity index (χ1v) is 5.86. The number of halogens is 4. The Labute approximate surface area is 117 Å². The molecular formula is C13H6Cl2F2O2. The third-order valence-electron chi connectivity index (χ3n) is 2.27. The summed E-state index contributed by atoms with van der Waals surface area (Å²) >= 11 is 11.4. The summed E-state index contributed by atoms with van der Waals surface area (Å²) in [5.74, 6) is -3.09. The predicted octanol–water partition coefficient (Wildman–Crippen LogP) is 4.49. The molecule has 0 saturated carbocycles. The molecule has 2 aromatic carbocycles. The Kier molecular flexibility index (Phi) is 4.02. The molecule has 0 unspecified atom stereocenters. The van der Waals surface area contributed by atoms with Crippen molar-refractivity contribution >= 4 is 29.2 Å². The normalized spacial score (nSPS) is 10.3. The van der Waals surface area contributed by atoms with Crippen LogP contribution in [0.2, 0.25) is 10.0 Å². The van der Waals surface area contributed by atoms with E-state index in [0.717, 1.165) is 18.2 Å². The molecule has 0 radical (unpaired) electrons. The quantitative estimate of drug-likeness (QED) is 0.603. The van der Waals surface area contributed by atoms with Gasteiger partial charge in [0.05, 0.1) is 10.0 Å². The van der Waals surface area contributed by atoms with Crippen LogP contribution in [0, 0.1) is 11.6 Å². The van der Waals surface area contributed by atoms with Gasteiger partial charge in [0.15, 0.2) is 0 Å². The average molecular weight is 303 g/mol. The first-order valence-electron chi connectivity index (χ1n) is 5.10. The van der Waals surface area contributed by atoms with Gasteiger partial charge in [-0.05, 0) is 24.3 Å². The highest BCUT2D eigenvalue weighted by Gasteiger charge is 2.19. The van der Waals surface area contributed by atoms with Gasteiger partial charge >= 0.3 is 5.97 Å². The van der Waals surface area contributed by atoms with Gasteiger partial charge in [-0.2, -0.15) is 0 Å². The minimum atomic E-state index is -1.14. The molecule has 0 saturated heterocycles. The van der Waals surface area contributed by atoms with Crippen LogP contribution < -0.4 is 4.74 Å². The Morgan fingerprint density at radius 1 is 1.00 bits per heavy atom. The Hall–Kier alpha value is -1.65. The molecule has 98 valence electrons. The van der Waals surface area contributed by atoms with Crippen molar-refractivity contribution in [2.45, 2.75) is 0 Å². The lowest BCUT2D eigenvalue weighted by molar-refractivity contribution is 0.0724. The van der Waals surface area contributed by atoms with E-state index in [-0.39, 0.29) is 15.8 Å². The third kappa shape index (κ3) is 3.03. The molecule has 2 rings (SSSR count). The SMILES string of the molecule is O=C(Oc1ccc(Cl)c(Cl)c1)c1c(F)cccc1F. The minimum Gasteiger partial charge on any atom is -0.423 e. The molecule has 0 N–H and O–H groups in total. The number of benzene rings is 2. The monoisotopic (exact) mass is 302 g/mol. The number of rotatable bonds is 2. The molecule has 0 aliphatic rings. The highest BCUT2D eigenvalue weighted by Crippen LogP contribution is 2.27. The molecule has 6 heteroatoms. The van der Waals surface area contributed by atoms with Crippen LogP contribution in [0.3, 0.4) is 0 Å². The number of hydrogen-bond acceptors (Lipinski definition) is 2. The van der Waals surface area contributed by atoms with Gasteiger partial charge < -0.3 is 4.74 Å². The summed E-state index contributed by atoms with van der Waals surface area (Å²) < 4.78 is 31.6. The van der Waals surface area contributed by atoms with Crippen molar-refractivity contribution in [3.05, 3.63) is 63.6 Å². The second-order valence-corrected chi connectivity index (χ2v) is 4.38. The fraction of sp³-hybridized carbons (Fsp3) is 0. The molecule has 0 amide bonds. The largest absolute Gasteiger partial charge is 0.423 e. The molecule has 0 aliphatic carbocycles. The van der Waals surface area contributed by atoms with Crippen molar-refractivity contribution in [1.29, 1.82) is 0 Å². The van der Waals surface area contributed by atoms with Crippen LogP contribution in [0.4, 0.5) is 8.78 Å². The number of ether oxygens (including phenoxy) is 1. The fourth-order valence-corrected chi connectivity index (χ4v) is 1.68. The van der Waals surface area contributed by atoms with Gasteiger partial charge in [-0.1, -0.05) is 29.3 Å². The maximum absolute atomic E-state index is 13.4. The molecule has 0 heterocycles. The van der Waals surface area contributed by atoms with E-state index >= 15 is 0 Å². The zero-order valence-electron chi connectivity index (χ0n) is 9.29. The second-order valence-electron chi connectivity index (χ2n) is 3.56. The van der Waals surface area contributed by atoms with E-state index < -0.39 is 23.2 Å². The summed E-state index contributed by atoms with van der Waals surface area (Å²) in [7, 11) is 0. The van der Waals surface area contributed by atoms with Crippen molar-refractivity contribution < 1.29 is 18.3 Å². The number of carbonyl (C=O) groups is 1. The summed E-state index contributed by atoms with van der Waals surface area (Å²) in [6.45, 7) is 0. The Balaban J connectivity index is 2.28. The van der Waals surface area contributed by atoms with Crippen LogP contribution in [-0.2, 0) is 0 Å². The van der Waals surface area contributed by atoms with E-state index in [1.54, 1.807) is 0 Å². The van der Waals surface area contributed by atoms with E-state index in [1.807, 2.05) is 0 Å². The molecule has 0 fully saturated rings. The van der Waals surface area contributed by atoms with Crippen molar-refractivity contribution in [3.63, 3.8) is 0 Å². The lowest BCUT2D eigenvalue weighted by atomic mass is 10.2. The maximum Gasteiger partial charge on any atom is 0.349 e. The molecule has 0 atom stereocenters. The zero-order chi connectivity index (χ0) is 14.0. The molecule has 0 bridgehead atoms. The van der Waals surface area contributed by atoms with Crippen molar-refractivity contribution in [3.8, 4) is 5.75 Å². The van der Waals surface area contributed by atoms with Gasteiger partial charge in [0.25, 0.3) is 0 Å². The lowest BCUT2D eigenvalue weighted by Gasteiger charge is -2.06. The van der Waals surface area contributed by atoms with Gasteiger partial charge in [-0.3, -0.25) is 0 Å². The molecular weight excluding hydrogens is 297 g/mol. The van der Waals surface area contributed by atoms with Crippen LogP contribution in [0.25, 0.3) is 0 Å². The fourth-order valence-electron chi connectivity index (χ4n) is 1.39. The van der Waals surface area contributed by atoms with E-state index in [4.69, 9.17) is 27.9 Å². The minimum absolute atomic E-state index is 0.0436. The van der Waals surface area contributed by atoms with Crippen molar-refractivity contribution in [2.75, 3.05) is 0 Å². The third-order valence-corrected chi connectivity index (χ3v) is 3.01. The highest BCUT2D eigenvalue weighted by molar-refractivity contribution is 6.42. The smallest absolute Gasteiger partial charge is 0.349 e. The predicted molar refractivity (Wildman–Crippen MR) is 67.8 cm³/mol. The summed E-state index contributed by atoms with van der Waals surface area (Å²) in [6, 6.07) is 7.14. The number of hydrogen-bond donors (Lipinski definition) is 0. The molecule has 2 aromatic rings. The van der Waals surface area contributed by atoms with E-state index in [0.29, 0.717) is 0 Å². The molecule has 0 spiro atoms. The first kappa shape index (κ1) is 13.8. The standard InChI is InChI=1S/C13H6Cl2F2O2/c14-8-5-4-7(6-9(8)15)19-13(18)12-10(16)2-1-3-11(12)17/h1-6H. The molecule has 0 aromatic heterocycles.